The van der Waals surface area contributed by atoms with E-state index in [-0.39, 0.29) is 5.56 Å². The van der Waals surface area contributed by atoms with Gasteiger partial charge in [-0.05, 0) is 19.1 Å². The van der Waals surface area contributed by atoms with Gasteiger partial charge < -0.3 is 16.8 Å². The van der Waals surface area contributed by atoms with Crippen molar-refractivity contribution in [2.45, 2.75) is 13.5 Å². The molecule has 0 atom stereocenters. The number of nitrogens with zero attached hydrogens (tertiary/aromatic N) is 2. The third kappa shape index (κ3) is 2.79. The van der Waals surface area contributed by atoms with Crippen molar-refractivity contribution in [3.05, 3.63) is 35.1 Å². The number of rotatable bonds is 4. The van der Waals surface area contributed by atoms with Crippen LogP contribution in [0.2, 0.25) is 5.02 Å². The van der Waals surface area contributed by atoms with Gasteiger partial charge in [0.2, 0.25) is 0 Å². The van der Waals surface area contributed by atoms with Gasteiger partial charge in [-0.15, -0.1) is 0 Å². The summed E-state index contributed by atoms with van der Waals surface area (Å²) in [5.74, 6) is -0.598. The molecular weight excluding hydrogens is 266 g/mol. The summed E-state index contributed by atoms with van der Waals surface area (Å²) in [6.07, 6.45) is 3.44. The number of benzene rings is 1. The van der Waals surface area contributed by atoms with Gasteiger partial charge in [-0.1, -0.05) is 11.6 Å². The molecule has 6 nitrogen and oxygen atoms in total. The maximum Gasteiger partial charge on any atom is 0.250 e. The zero-order chi connectivity index (χ0) is 14.0. The number of nitrogens with one attached hydrogen (secondary N) is 1. The fraction of sp³-hybridized carbons (Fsp3) is 0.167. The smallest absolute Gasteiger partial charge is 0.250 e. The second-order valence-electron chi connectivity index (χ2n) is 4.00. The molecule has 0 bridgehead atoms. The molecule has 0 saturated carbocycles. The minimum absolute atomic E-state index is 0.245. The Labute approximate surface area is 115 Å². The van der Waals surface area contributed by atoms with Gasteiger partial charge in [0.1, 0.15) is 0 Å². The average Bonchev–Trinajstić information content (AvgIpc) is 2.79. The molecule has 0 fully saturated rings. The van der Waals surface area contributed by atoms with Gasteiger partial charge in [-0.3, -0.25) is 9.48 Å². The van der Waals surface area contributed by atoms with E-state index in [0.717, 1.165) is 12.2 Å². The fourth-order valence-corrected chi connectivity index (χ4v) is 1.97. The molecule has 0 radical (unpaired) electrons. The lowest BCUT2D eigenvalue weighted by Crippen LogP contribution is -2.14. The van der Waals surface area contributed by atoms with Crippen LogP contribution in [0, 0.1) is 0 Å². The van der Waals surface area contributed by atoms with E-state index in [0.29, 0.717) is 16.4 Å². The number of nitrogen functional groups attached to an aromatic ring is 1. The third-order valence-corrected chi connectivity index (χ3v) is 2.90. The van der Waals surface area contributed by atoms with Crippen LogP contribution in [-0.2, 0) is 6.54 Å². The summed E-state index contributed by atoms with van der Waals surface area (Å²) < 4.78 is 1.75. The molecule has 5 N–H and O–H groups in total. The number of carbonyl (C=O) groups excluding carboxylic acids is 1. The second kappa shape index (κ2) is 5.19. The molecule has 1 aromatic heterocycles. The summed E-state index contributed by atoms with van der Waals surface area (Å²) in [5, 5.41) is 7.49. The lowest BCUT2D eigenvalue weighted by atomic mass is 10.1. The van der Waals surface area contributed by atoms with Crippen molar-refractivity contribution in [3.63, 3.8) is 0 Å². The zero-order valence-electron chi connectivity index (χ0n) is 10.4. The second-order valence-corrected chi connectivity index (χ2v) is 4.41. The molecular formula is C12H14ClN5O. The topological polar surface area (TPSA) is 99.0 Å². The van der Waals surface area contributed by atoms with Gasteiger partial charge in [0.15, 0.2) is 0 Å². The van der Waals surface area contributed by atoms with E-state index >= 15 is 0 Å². The van der Waals surface area contributed by atoms with Crippen LogP contribution >= 0.6 is 11.6 Å². The molecule has 100 valence electrons. The molecule has 2 aromatic rings. The van der Waals surface area contributed by atoms with Crippen LogP contribution in [0.4, 0.5) is 17.1 Å². The number of carbonyl (C=O) groups is 1. The Balaban J connectivity index is 2.41. The molecule has 1 heterocycles. The van der Waals surface area contributed by atoms with Gasteiger partial charge in [0.05, 0.1) is 28.2 Å². The van der Waals surface area contributed by atoms with Crippen LogP contribution in [0.5, 0.6) is 0 Å². The van der Waals surface area contributed by atoms with Gasteiger partial charge in [0, 0.05) is 18.4 Å². The van der Waals surface area contributed by atoms with Crippen LogP contribution < -0.4 is 16.8 Å². The first-order valence-electron chi connectivity index (χ1n) is 5.69. The summed E-state index contributed by atoms with van der Waals surface area (Å²) in [7, 11) is 0. The van der Waals surface area contributed by atoms with E-state index in [2.05, 4.69) is 10.4 Å². The number of hydrogen-bond donors (Lipinski definition) is 3. The van der Waals surface area contributed by atoms with Crippen molar-refractivity contribution >= 4 is 34.6 Å². The van der Waals surface area contributed by atoms with E-state index in [9.17, 15) is 4.79 Å². The number of halogens is 1. The molecule has 2 rings (SSSR count). The number of aryl methyl sites for hydroxylation is 1. The quantitative estimate of drug-likeness (QED) is 0.745. The zero-order valence-corrected chi connectivity index (χ0v) is 11.1. The monoisotopic (exact) mass is 279 g/mol. The summed E-state index contributed by atoms with van der Waals surface area (Å²) >= 11 is 6.09. The molecule has 0 aliphatic heterocycles. The van der Waals surface area contributed by atoms with Crippen LogP contribution in [0.25, 0.3) is 0 Å². The Hall–Kier alpha value is -2.21. The first-order valence-corrected chi connectivity index (χ1v) is 6.07. The Bertz CT molecular complexity index is 623. The molecule has 1 aromatic carbocycles. The molecule has 0 aliphatic carbocycles. The highest BCUT2D eigenvalue weighted by Crippen LogP contribution is 2.31. The van der Waals surface area contributed by atoms with Crippen molar-refractivity contribution in [3.8, 4) is 0 Å². The minimum atomic E-state index is -0.598. The molecule has 19 heavy (non-hydrogen) atoms. The van der Waals surface area contributed by atoms with E-state index < -0.39 is 5.91 Å². The highest BCUT2D eigenvalue weighted by atomic mass is 35.5. The maximum absolute atomic E-state index is 11.4. The van der Waals surface area contributed by atoms with Crippen LogP contribution in [-0.4, -0.2) is 15.7 Å². The van der Waals surface area contributed by atoms with E-state index in [1.807, 2.05) is 6.92 Å². The van der Waals surface area contributed by atoms with Crippen molar-refractivity contribution in [2.24, 2.45) is 5.73 Å². The van der Waals surface area contributed by atoms with Crippen LogP contribution in [0.1, 0.15) is 17.3 Å². The molecule has 0 spiro atoms. The van der Waals surface area contributed by atoms with Crippen molar-refractivity contribution in [1.29, 1.82) is 0 Å². The first kappa shape index (κ1) is 13.2. The summed E-state index contributed by atoms with van der Waals surface area (Å²) in [6.45, 7) is 2.72. The van der Waals surface area contributed by atoms with E-state index in [4.69, 9.17) is 23.1 Å². The molecule has 1 amide bonds. The maximum atomic E-state index is 11.4. The standard InChI is InChI=1S/C12H14ClN5O/c1-2-18-6-8(5-16-18)17-11-9(12(15)19)3-7(14)4-10(11)13/h3-6,17H,2,14H2,1H3,(H2,15,19). The number of anilines is 3. The summed E-state index contributed by atoms with van der Waals surface area (Å²) in [5.41, 5.74) is 12.7. The number of primary amides is 1. The highest BCUT2D eigenvalue weighted by Gasteiger charge is 2.14. The summed E-state index contributed by atoms with van der Waals surface area (Å²) in [4.78, 5) is 11.4. The van der Waals surface area contributed by atoms with Crippen molar-refractivity contribution in [2.75, 3.05) is 11.1 Å². The lowest BCUT2D eigenvalue weighted by molar-refractivity contribution is 0.100. The Kier molecular flexibility index (Phi) is 3.62. The van der Waals surface area contributed by atoms with Crippen molar-refractivity contribution in [1.82, 2.24) is 9.78 Å². The van der Waals surface area contributed by atoms with Crippen molar-refractivity contribution < 1.29 is 4.79 Å². The molecule has 0 aliphatic rings. The molecule has 7 heteroatoms. The average molecular weight is 280 g/mol. The Morgan fingerprint density at radius 3 is 2.84 bits per heavy atom. The number of aromatic nitrogens is 2. The molecule has 0 unspecified atom stereocenters. The normalized spacial score (nSPS) is 10.4. The first-order chi connectivity index (χ1) is 9.01. The molecule has 0 saturated heterocycles. The predicted octanol–water partition coefficient (Wildman–Crippen LogP) is 1.98. The van der Waals surface area contributed by atoms with Crippen LogP contribution in [0.15, 0.2) is 24.5 Å². The number of hydrogen-bond acceptors (Lipinski definition) is 4. The third-order valence-electron chi connectivity index (χ3n) is 2.60. The Morgan fingerprint density at radius 1 is 1.53 bits per heavy atom. The fourth-order valence-electron chi connectivity index (χ4n) is 1.69. The van der Waals surface area contributed by atoms with Gasteiger partial charge in [-0.25, -0.2) is 0 Å². The number of amides is 1. The summed E-state index contributed by atoms with van der Waals surface area (Å²) in [6, 6.07) is 3.04. The Morgan fingerprint density at radius 2 is 2.26 bits per heavy atom. The minimum Gasteiger partial charge on any atom is -0.399 e. The largest absolute Gasteiger partial charge is 0.399 e. The lowest BCUT2D eigenvalue weighted by Gasteiger charge is -2.11. The van der Waals surface area contributed by atoms with E-state index in [1.54, 1.807) is 23.1 Å². The predicted molar refractivity (Wildman–Crippen MR) is 75.6 cm³/mol. The van der Waals surface area contributed by atoms with Crippen LogP contribution in [0.3, 0.4) is 0 Å². The van der Waals surface area contributed by atoms with E-state index in [1.165, 1.54) is 6.07 Å². The highest BCUT2D eigenvalue weighted by molar-refractivity contribution is 6.34. The number of nitrogens with two attached hydrogens (primary N) is 2. The van der Waals surface area contributed by atoms with Gasteiger partial charge in [0.25, 0.3) is 5.91 Å². The van der Waals surface area contributed by atoms with Gasteiger partial charge in [-0.2, -0.15) is 5.10 Å². The SMILES string of the molecule is CCn1cc(Nc2c(Cl)cc(N)cc2C(N)=O)cn1. The van der Waals surface area contributed by atoms with Gasteiger partial charge >= 0.3 is 0 Å².